The van der Waals surface area contributed by atoms with Gasteiger partial charge in [0.05, 0.1) is 6.54 Å². The van der Waals surface area contributed by atoms with Crippen LogP contribution in [0.2, 0.25) is 0 Å². The molecule has 2 nitrogen and oxygen atoms in total. The van der Waals surface area contributed by atoms with Gasteiger partial charge in [0.2, 0.25) is 0 Å². The summed E-state index contributed by atoms with van der Waals surface area (Å²) in [4.78, 5) is 14.6. The van der Waals surface area contributed by atoms with Crippen molar-refractivity contribution in [2.24, 2.45) is 0 Å². The molecule has 2 rings (SSSR count). The zero-order valence-electron chi connectivity index (χ0n) is 14.5. The van der Waals surface area contributed by atoms with Gasteiger partial charge >= 0.3 is 0 Å². The van der Waals surface area contributed by atoms with Gasteiger partial charge in [0, 0.05) is 11.8 Å². The fraction of sp³-hybridized carbons (Fsp3) is 0.381. The van der Waals surface area contributed by atoms with Crippen LogP contribution in [0.5, 0.6) is 0 Å². The van der Waals surface area contributed by atoms with Crippen LogP contribution in [-0.2, 0) is 10.2 Å². The van der Waals surface area contributed by atoms with Crippen molar-refractivity contribution in [3.63, 3.8) is 0 Å². The number of likely N-dealkylation sites (N-methyl/N-ethyl adjacent to an activating group) is 1. The van der Waals surface area contributed by atoms with Gasteiger partial charge < -0.3 is 4.90 Å². The molecule has 0 saturated heterocycles. The average Bonchev–Trinajstić information content (AvgIpc) is 2.55. The van der Waals surface area contributed by atoms with E-state index in [9.17, 15) is 4.79 Å². The van der Waals surface area contributed by atoms with Crippen LogP contribution in [0.4, 0.5) is 0 Å². The first-order valence-electron chi connectivity index (χ1n) is 8.36. The van der Waals surface area contributed by atoms with E-state index in [4.69, 9.17) is 0 Å². The summed E-state index contributed by atoms with van der Waals surface area (Å²) in [5, 5.41) is 0. The molecule has 0 amide bonds. The molecule has 2 heteroatoms. The highest BCUT2D eigenvalue weighted by molar-refractivity contribution is 5.82. The largest absolute Gasteiger partial charge is 0.302 e. The third-order valence-corrected chi connectivity index (χ3v) is 4.32. The Morgan fingerprint density at radius 2 is 1.39 bits per heavy atom. The van der Waals surface area contributed by atoms with E-state index in [1.165, 1.54) is 11.1 Å². The predicted octanol–water partition coefficient (Wildman–Crippen LogP) is 4.29. The number of benzene rings is 2. The Morgan fingerprint density at radius 3 is 1.78 bits per heavy atom. The van der Waals surface area contributed by atoms with Crippen molar-refractivity contribution in [1.82, 2.24) is 4.90 Å². The van der Waals surface area contributed by atoms with Crippen molar-refractivity contribution in [1.29, 1.82) is 0 Å². The Morgan fingerprint density at radius 1 is 0.913 bits per heavy atom. The third kappa shape index (κ3) is 4.29. The molecule has 122 valence electrons. The number of ketones is 1. The van der Waals surface area contributed by atoms with E-state index in [0.29, 0.717) is 13.0 Å². The number of rotatable bonds is 8. The SMILES string of the molecule is CCCC(CC(=O)CN(C)C)(c1ccccc1)c1ccccc1. The maximum Gasteiger partial charge on any atom is 0.148 e. The second-order valence-electron chi connectivity index (χ2n) is 6.52. The summed E-state index contributed by atoms with van der Waals surface area (Å²) in [6.07, 6.45) is 2.56. The molecule has 0 bridgehead atoms. The van der Waals surface area contributed by atoms with Crippen molar-refractivity contribution in [3.8, 4) is 0 Å². The van der Waals surface area contributed by atoms with Gasteiger partial charge in [0.25, 0.3) is 0 Å². The van der Waals surface area contributed by atoms with E-state index in [1.807, 2.05) is 31.1 Å². The highest BCUT2D eigenvalue weighted by atomic mass is 16.1. The maximum absolute atomic E-state index is 12.6. The first-order chi connectivity index (χ1) is 11.1. The molecule has 0 aliphatic heterocycles. The Hall–Kier alpha value is -1.93. The van der Waals surface area contributed by atoms with Crippen molar-refractivity contribution in [3.05, 3.63) is 71.8 Å². The highest BCUT2D eigenvalue weighted by Gasteiger charge is 2.35. The molecule has 0 fully saturated rings. The summed E-state index contributed by atoms with van der Waals surface area (Å²) in [5.74, 6) is 0.288. The molecule has 0 aliphatic carbocycles. The van der Waals surface area contributed by atoms with Crippen LogP contribution in [-0.4, -0.2) is 31.3 Å². The fourth-order valence-corrected chi connectivity index (χ4v) is 3.43. The summed E-state index contributed by atoms with van der Waals surface area (Å²) in [6, 6.07) is 21.0. The fourth-order valence-electron chi connectivity index (χ4n) is 3.43. The van der Waals surface area contributed by atoms with Crippen LogP contribution in [0.1, 0.15) is 37.3 Å². The van der Waals surface area contributed by atoms with Gasteiger partial charge in [-0.15, -0.1) is 0 Å². The van der Waals surface area contributed by atoms with E-state index in [2.05, 4.69) is 55.5 Å². The lowest BCUT2D eigenvalue weighted by molar-refractivity contribution is -0.120. The highest BCUT2D eigenvalue weighted by Crippen LogP contribution is 2.40. The zero-order valence-corrected chi connectivity index (χ0v) is 14.5. The van der Waals surface area contributed by atoms with Crippen LogP contribution in [0.15, 0.2) is 60.7 Å². The van der Waals surface area contributed by atoms with Crippen LogP contribution in [0.3, 0.4) is 0 Å². The zero-order chi connectivity index (χ0) is 16.7. The number of hydrogen-bond donors (Lipinski definition) is 0. The van der Waals surface area contributed by atoms with E-state index in [0.717, 1.165) is 12.8 Å². The molecular formula is C21H27NO. The standard InChI is InChI=1S/C21H27NO/c1-4-15-21(16-20(23)17-22(2)3,18-11-7-5-8-12-18)19-13-9-6-10-14-19/h5-14H,4,15-17H2,1-3H3. The molecule has 0 unspecified atom stereocenters. The normalized spacial score (nSPS) is 11.7. The lowest BCUT2D eigenvalue weighted by Crippen LogP contribution is -2.34. The molecule has 0 atom stereocenters. The van der Waals surface area contributed by atoms with Crippen molar-refractivity contribution < 1.29 is 4.79 Å². The molecule has 0 spiro atoms. The smallest absolute Gasteiger partial charge is 0.148 e. The van der Waals surface area contributed by atoms with Crippen LogP contribution >= 0.6 is 0 Å². The Kier molecular flexibility index (Phi) is 6.12. The first-order valence-corrected chi connectivity index (χ1v) is 8.36. The summed E-state index contributed by atoms with van der Waals surface area (Å²) in [5.41, 5.74) is 2.24. The van der Waals surface area contributed by atoms with E-state index < -0.39 is 0 Å². The van der Waals surface area contributed by atoms with Crippen LogP contribution in [0, 0.1) is 0 Å². The van der Waals surface area contributed by atoms with Gasteiger partial charge in [0.1, 0.15) is 5.78 Å². The summed E-state index contributed by atoms with van der Waals surface area (Å²) in [7, 11) is 3.90. The van der Waals surface area contributed by atoms with E-state index >= 15 is 0 Å². The van der Waals surface area contributed by atoms with E-state index in [-0.39, 0.29) is 11.2 Å². The van der Waals surface area contributed by atoms with Gasteiger partial charge in [0.15, 0.2) is 0 Å². The van der Waals surface area contributed by atoms with Crippen molar-refractivity contribution in [2.45, 2.75) is 31.6 Å². The Labute approximate surface area is 140 Å². The molecule has 0 aliphatic rings. The molecule has 0 saturated carbocycles. The van der Waals surface area contributed by atoms with Crippen LogP contribution in [0.25, 0.3) is 0 Å². The second-order valence-corrected chi connectivity index (χ2v) is 6.52. The maximum atomic E-state index is 12.6. The molecule has 0 aromatic heterocycles. The molecular weight excluding hydrogens is 282 g/mol. The van der Waals surface area contributed by atoms with Crippen LogP contribution < -0.4 is 0 Å². The quantitative estimate of drug-likeness (QED) is 0.725. The summed E-state index contributed by atoms with van der Waals surface area (Å²) in [6.45, 7) is 2.68. The Balaban J connectivity index is 2.49. The van der Waals surface area contributed by atoms with Gasteiger partial charge in [-0.05, 0) is 31.6 Å². The van der Waals surface area contributed by atoms with Gasteiger partial charge in [-0.2, -0.15) is 0 Å². The summed E-state index contributed by atoms with van der Waals surface area (Å²) < 4.78 is 0. The molecule has 23 heavy (non-hydrogen) atoms. The number of Topliss-reactive ketones (excluding diaryl/α,β-unsaturated/α-hetero) is 1. The molecule has 2 aromatic carbocycles. The lowest BCUT2D eigenvalue weighted by atomic mass is 9.68. The molecule has 0 N–H and O–H groups in total. The second kappa shape index (κ2) is 8.07. The minimum Gasteiger partial charge on any atom is -0.302 e. The molecule has 0 radical (unpaired) electrons. The number of carbonyl (C=O) groups is 1. The minimum absolute atomic E-state index is 0.232. The molecule has 2 aromatic rings. The molecule has 0 heterocycles. The van der Waals surface area contributed by atoms with Crippen molar-refractivity contribution in [2.75, 3.05) is 20.6 Å². The van der Waals surface area contributed by atoms with Crippen molar-refractivity contribution >= 4 is 5.78 Å². The third-order valence-electron chi connectivity index (χ3n) is 4.32. The minimum atomic E-state index is -0.232. The predicted molar refractivity (Wildman–Crippen MR) is 96.8 cm³/mol. The lowest BCUT2D eigenvalue weighted by Gasteiger charge is -2.35. The topological polar surface area (TPSA) is 20.3 Å². The van der Waals surface area contributed by atoms with Gasteiger partial charge in [-0.25, -0.2) is 0 Å². The number of carbonyl (C=O) groups excluding carboxylic acids is 1. The van der Waals surface area contributed by atoms with E-state index in [1.54, 1.807) is 0 Å². The number of hydrogen-bond acceptors (Lipinski definition) is 2. The first kappa shape index (κ1) is 17.4. The summed E-state index contributed by atoms with van der Waals surface area (Å²) >= 11 is 0. The number of nitrogens with zero attached hydrogens (tertiary/aromatic N) is 1. The monoisotopic (exact) mass is 309 g/mol. The van der Waals surface area contributed by atoms with Gasteiger partial charge in [-0.1, -0.05) is 74.0 Å². The van der Waals surface area contributed by atoms with Gasteiger partial charge in [-0.3, -0.25) is 4.79 Å². The Bertz CT molecular complexity index is 565. The average molecular weight is 309 g/mol.